The Hall–Kier alpha value is -0.780. The van der Waals surface area contributed by atoms with Crippen molar-refractivity contribution < 1.29 is 0 Å². The Morgan fingerprint density at radius 1 is 0.818 bits per heavy atom. The van der Waals surface area contributed by atoms with Crippen LogP contribution in [0.25, 0.3) is 0 Å². The van der Waals surface area contributed by atoms with E-state index in [0.717, 1.165) is 6.42 Å². The number of rotatable bonds is 0. The van der Waals surface area contributed by atoms with E-state index in [2.05, 4.69) is 39.8 Å². The smallest absolute Gasteiger partial charge is 0.0108 e. The molecule has 1 aliphatic carbocycles. The zero-order valence-corrected chi connectivity index (χ0v) is 7.86. The lowest BCUT2D eigenvalue weighted by atomic mass is 10.1. The van der Waals surface area contributed by atoms with Crippen LogP contribution in [0.1, 0.15) is 34.1 Å². The Labute approximate surface area is 69.3 Å². The van der Waals surface area contributed by atoms with Crippen molar-refractivity contribution in [2.24, 2.45) is 0 Å². The maximum absolute atomic E-state index is 2.28. The van der Waals surface area contributed by atoms with Crippen molar-refractivity contribution in [1.29, 1.82) is 0 Å². The standard InChI is InChI=1S/C11H16/c1-8-5-9(2)7-11(4)10(3)6-8/h6-7H,5H2,1-4H3. The molecule has 0 aliphatic heterocycles. The molecule has 0 N–H and O–H groups in total. The van der Waals surface area contributed by atoms with Gasteiger partial charge in [0.25, 0.3) is 0 Å². The molecule has 0 saturated heterocycles. The van der Waals surface area contributed by atoms with Gasteiger partial charge in [-0.05, 0) is 45.3 Å². The fourth-order valence-corrected chi connectivity index (χ4v) is 1.51. The van der Waals surface area contributed by atoms with Gasteiger partial charge in [0.1, 0.15) is 0 Å². The minimum atomic E-state index is 1.13. The lowest BCUT2D eigenvalue weighted by Crippen LogP contribution is -1.76. The van der Waals surface area contributed by atoms with Crippen molar-refractivity contribution in [2.75, 3.05) is 0 Å². The van der Waals surface area contributed by atoms with E-state index in [-0.39, 0.29) is 0 Å². The molecule has 0 heteroatoms. The minimum Gasteiger partial charge on any atom is -0.0690 e. The molecule has 0 saturated carbocycles. The summed E-state index contributed by atoms with van der Waals surface area (Å²) in [6.45, 7) is 8.74. The molecule has 0 radical (unpaired) electrons. The third kappa shape index (κ3) is 2.07. The van der Waals surface area contributed by atoms with Gasteiger partial charge in [0.05, 0.1) is 0 Å². The fraction of sp³-hybridized carbons (Fsp3) is 0.455. The summed E-state index contributed by atoms with van der Waals surface area (Å²) in [4.78, 5) is 0. The molecule has 0 fully saturated rings. The maximum Gasteiger partial charge on any atom is -0.0108 e. The molecule has 0 nitrogen and oxygen atoms in total. The Balaban J connectivity index is 3.07. The third-order valence-corrected chi connectivity index (χ3v) is 2.11. The Morgan fingerprint density at radius 3 is 1.55 bits per heavy atom. The monoisotopic (exact) mass is 148 g/mol. The van der Waals surface area contributed by atoms with Crippen LogP contribution >= 0.6 is 0 Å². The van der Waals surface area contributed by atoms with Crippen LogP contribution < -0.4 is 0 Å². The van der Waals surface area contributed by atoms with E-state index in [1.54, 1.807) is 0 Å². The van der Waals surface area contributed by atoms with Gasteiger partial charge in [-0.3, -0.25) is 0 Å². The highest BCUT2D eigenvalue weighted by Gasteiger charge is 2.00. The molecule has 0 spiro atoms. The van der Waals surface area contributed by atoms with Crippen LogP contribution in [0.15, 0.2) is 34.4 Å². The van der Waals surface area contributed by atoms with Crippen LogP contribution in [0.5, 0.6) is 0 Å². The first-order valence-electron chi connectivity index (χ1n) is 4.11. The molecule has 0 unspecified atom stereocenters. The summed E-state index contributed by atoms with van der Waals surface area (Å²) < 4.78 is 0. The van der Waals surface area contributed by atoms with Crippen molar-refractivity contribution in [3.8, 4) is 0 Å². The van der Waals surface area contributed by atoms with E-state index >= 15 is 0 Å². The predicted molar refractivity (Wildman–Crippen MR) is 50.5 cm³/mol. The van der Waals surface area contributed by atoms with E-state index in [1.807, 2.05) is 0 Å². The molecule has 0 amide bonds. The van der Waals surface area contributed by atoms with E-state index in [4.69, 9.17) is 0 Å². The normalized spacial score (nSPS) is 19.3. The van der Waals surface area contributed by atoms with Gasteiger partial charge in [-0.25, -0.2) is 0 Å². The molecule has 0 heterocycles. The highest BCUT2D eigenvalue weighted by molar-refractivity contribution is 5.38. The van der Waals surface area contributed by atoms with Crippen LogP contribution in [-0.4, -0.2) is 0 Å². The van der Waals surface area contributed by atoms with Crippen molar-refractivity contribution in [3.63, 3.8) is 0 Å². The third-order valence-electron chi connectivity index (χ3n) is 2.11. The Morgan fingerprint density at radius 2 is 1.18 bits per heavy atom. The summed E-state index contributed by atoms with van der Waals surface area (Å²) in [5.41, 5.74) is 5.74. The van der Waals surface area contributed by atoms with Crippen LogP contribution in [-0.2, 0) is 0 Å². The first-order chi connectivity index (χ1) is 5.09. The quantitative estimate of drug-likeness (QED) is 0.492. The summed E-state index contributed by atoms with van der Waals surface area (Å²) in [5, 5.41) is 0. The molecule has 0 atom stereocenters. The topological polar surface area (TPSA) is 0 Å². The summed E-state index contributed by atoms with van der Waals surface area (Å²) in [5.74, 6) is 0. The highest BCUT2D eigenvalue weighted by atomic mass is 14.1. The van der Waals surface area contributed by atoms with Gasteiger partial charge in [-0.15, -0.1) is 0 Å². The van der Waals surface area contributed by atoms with E-state index < -0.39 is 0 Å². The Kier molecular flexibility index (Phi) is 2.33. The zero-order valence-electron chi connectivity index (χ0n) is 7.86. The SMILES string of the molecule is CC1=CC(C)=C(C)C=C(C)C1. The van der Waals surface area contributed by atoms with Gasteiger partial charge >= 0.3 is 0 Å². The minimum absolute atomic E-state index is 1.13. The van der Waals surface area contributed by atoms with Gasteiger partial charge < -0.3 is 0 Å². The predicted octanol–water partition coefficient (Wildman–Crippen LogP) is 3.62. The van der Waals surface area contributed by atoms with E-state index in [0.29, 0.717) is 0 Å². The average Bonchev–Trinajstić information content (AvgIpc) is 1.93. The second-order valence-corrected chi connectivity index (χ2v) is 3.52. The number of hydrogen-bond acceptors (Lipinski definition) is 0. The molecule has 11 heavy (non-hydrogen) atoms. The lowest BCUT2D eigenvalue weighted by molar-refractivity contribution is 1.11. The van der Waals surface area contributed by atoms with Crippen LogP contribution in [0, 0.1) is 0 Å². The van der Waals surface area contributed by atoms with Gasteiger partial charge in [0, 0.05) is 0 Å². The summed E-state index contributed by atoms with van der Waals surface area (Å²) >= 11 is 0. The van der Waals surface area contributed by atoms with Crippen LogP contribution in [0.3, 0.4) is 0 Å². The van der Waals surface area contributed by atoms with Crippen LogP contribution in [0.4, 0.5) is 0 Å². The molecular weight excluding hydrogens is 132 g/mol. The summed E-state index contributed by atoms with van der Waals surface area (Å²) in [6.07, 6.45) is 5.69. The first kappa shape index (κ1) is 8.32. The molecule has 1 aliphatic rings. The van der Waals surface area contributed by atoms with E-state index in [1.165, 1.54) is 22.3 Å². The van der Waals surface area contributed by atoms with Gasteiger partial charge in [0.15, 0.2) is 0 Å². The van der Waals surface area contributed by atoms with Gasteiger partial charge in [-0.2, -0.15) is 0 Å². The summed E-state index contributed by atoms with van der Waals surface area (Å²) in [7, 11) is 0. The van der Waals surface area contributed by atoms with E-state index in [9.17, 15) is 0 Å². The van der Waals surface area contributed by atoms with Gasteiger partial charge in [0.2, 0.25) is 0 Å². The molecule has 0 bridgehead atoms. The number of hydrogen-bond donors (Lipinski definition) is 0. The second kappa shape index (κ2) is 3.08. The number of allylic oxidation sites excluding steroid dienone is 6. The summed E-state index contributed by atoms with van der Waals surface area (Å²) in [6, 6.07) is 0. The molecule has 1 rings (SSSR count). The largest absolute Gasteiger partial charge is 0.0690 e. The zero-order chi connectivity index (χ0) is 8.43. The van der Waals surface area contributed by atoms with Crippen molar-refractivity contribution in [3.05, 3.63) is 34.4 Å². The first-order valence-corrected chi connectivity index (χ1v) is 4.11. The lowest BCUT2D eigenvalue weighted by Gasteiger charge is -1.96. The molecule has 0 aromatic carbocycles. The van der Waals surface area contributed by atoms with Gasteiger partial charge in [-0.1, -0.05) is 23.3 Å². The molecule has 60 valence electrons. The average molecular weight is 148 g/mol. The fourth-order valence-electron chi connectivity index (χ4n) is 1.51. The van der Waals surface area contributed by atoms with Crippen molar-refractivity contribution in [1.82, 2.24) is 0 Å². The molecular formula is C11H16. The highest BCUT2D eigenvalue weighted by Crippen LogP contribution is 2.20. The van der Waals surface area contributed by atoms with Crippen molar-refractivity contribution >= 4 is 0 Å². The Bertz CT molecular complexity index is 223. The molecule has 0 aromatic rings. The second-order valence-electron chi connectivity index (χ2n) is 3.52. The van der Waals surface area contributed by atoms with Crippen LogP contribution in [0.2, 0.25) is 0 Å². The van der Waals surface area contributed by atoms with Crippen molar-refractivity contribution in [2.45, 2.75) is 34.1 Å². The maximum atomic E-state index is 2.28. The molecule has 0 aromatic heterocycles.